The molecule has 13 heavy (non-hydrogen) atoms. The van der Waals surface area contributed by atoms with Gasteiger partial charge in [-0.25, -0.2) is 0 Å². The molecule has 0 aromatic rings. The Labute approximate surface area is 96.5 Å². The van der Waals surface area contributed by atoms with Crippen LogP contribution in [0.1, 0.15) is 27.2 Å². The van der Waals surface area contributed by atoms with Crippen molar-refractivity contribution >= 4 is 7.92 Å². The molecule has 80 valence electrons. The Kier molecular flexibility index (Phi) is 9.68. The molecule has 1 aliphatic carbocycles. The molecule has 1 rings (SSSR count). The van der Waals surface area contributed by atoms with E-state index in [0.717, 1.165) is 6.42 Å². The van der Waals surface area contributed by atoms with Crippen molar-refractivity contribution in [2.45, 2.75) is 27.2 Å². The monoisotopic (exact) mass is 380 g/mol. The molecule has 0 amide bonds. The molecule has 1 aliphatic rings. The third-order valence-electron chi connectivity index (χ3n) is 2.04. The van der Waals surface area contributed by atoms with E-state index in [9.17, 15) is 0 Å². The third-order valence-corrected chi connectivity index (χ3v) is 5.53. The topological polar surface area (TPSA) is 0 Å². The average molecular weight is 380 g/mol. The zero-order valence-corrected chi connectivity index (χ0v) is 11.9. The standard InChI is InChI=1S/C6H15P.C5H5.Au/c1-4-7(5-2)6-3;1-2-4-5-3-1;/h4-6H2,1-3H3;1-3H,4H2;. The molecule has 0 unspecified atom stereocenters. The molecule has 0 nitrogen and oxygen atoms in total. The Balaban J connectivity index is 0.000000223. The van der Waals surface area contributed by atoms with Crippen LogP contribution in [0.5, 0.6) is 0 Å². The first kappa shape index (κ1) is 13.7. The van der Waals surface area contributed by atoms with E-state index in [-0.39, 0.29) is 0 Å². The van der Waals surface area contributed by atoms with Gasteiger partial charge in [0.1, 0.15) is 0 Å². The quantitative estimate of drug-likeness (QED) is 0.515. The van der Waals surface area contributed by atoms with Crippen LogP contribution in [0.4, 0.5) is 0 Å². The van der Waals surface area contributed by atoms with Gasteiger partial charge in [0.05, 0.1) is 0 Å². The Bertz CT molecular complexity index is 163. The SMILES string of the molecule is CCP(CC)CC.[Au][C]1=CC=CC1. The molecule has 0 radical (unpaired) electrons. The van der Waals surface area contributed by atoms with Gasteiger partial charge >= 0.3 is 49.5 Å². The van der Waals surface area contributed by atoms with Crippen molar-refractivity contribution in [3.05, 3.63) is 22.0 Å². The predicted octanol–water partition coefficient (Wildman–Crippen LogP) is 3.91. The van der Waals surface area contributed by atoms with Gasteiger partial charge < -0.3 is 0 Å². The second-order valence-corrected chi connectivity index (χ2v) is 7.45. The number of hydrogen-bond donors (Lipinski definition) is 0. The van der Waals surface area contributed by atoms with Gasteiger partial charge in [-0.05, 0) is 18.5 Å². The molecule has 0 atom stereocenters. The molecule has 0 fully saturated rings. The van der Waals surface area contributed by atoms with Gasteiger partial charge in [0.25, 0.3) is 0 Å². The van der Waals surface area contributed by atoms with Crippen molar-refractivity contribution in [3.63, 3.8) is 0 Å². The number of rotatable bonds is 3. The van der Waals surface area contributed by atoms with Gasteiger partial charge in [-0.3, -0.25) is 0 Å². The summed E-state index contributed by atoms with van der Waals surface area (Å²) in [7, 11) is 0.446. The molecule has 0 aliphatic heterocycles. The van der Waals surface area contributed by atoms with E-state index in [2.05, 4.69) is 60.1 Å². The van der Waals surface area contributed by atoms with Gasteiger partial charge in [-0.1, -0.05) is 20.8 Å². The van der Waals surface area contributed by atoms with E-state index < -0.39 is 0 Å². The van der Waals surface area contributed by atoms with E-state index in [0.29, 0.717) is 7.92 Å². The first-order chi connectivity index (χ1) is 6.24. The summed E-state index contributed by atoms with van der Waals surface area (Å²) in [6, 6.07) is 0. The van der Waals surface area contributed by atoms with Crippen LogP contribution < -0.4 is 0 Å². The van der Waals surface area contributed by atoms with Crippen LogP contribution in [-0.2, 0) is 21.1 Å². The number of allylic oxidation sites excluding steroid dienone is 4. The van der Waals surface area contributed by atoms with Crippen LogP contribution in [0.3, 0.4) is 0 Å². The van der Waals surface area contributed by atoms with Crippen molar-refractivity contribution < 1.29 is 21.1 Å². The van der Waals surface area contributed by atoms with E-state index >= 15 is 0 Å². The second-order valence-electron chi connectivity index (χ2n) is 2.82. The average Bonchev–Trinajstić information content (AvgIpc) is 2.60. The fourth-order valence-electron chi connectivity index (χ4n) is 1.08. The van der Waals surface area contributed by atoms with Crippen LogP contribution in [0.15, 0.2) is 22.0 Å². The van der Waals surface area contributed by atoms with E-state index in [1.165, 1.54) is 22.3 Å². The summed E-state index contributed by atoms with van der Waals surface area (Å²) in [5.41, 5.74) is 0. The van der Waals surface area contributed by atoms with Crippen LogP contribution in [0, 0.1) is 0 Å². The van der Waals surface area contributed by atoms with Crippen LogP contribution in [0.25, 0.3) is 0 Å². The molecule has 0 aromatic carbocycles. The Morgan fingerprint density at radius 3 is 1.85 bits per heavy atom. The van der Waals surface area contributed by atoms with Gasteiger partial charge in [0.2, 0.25) is 0 Å². The molecular weight excluding hydrogens is 360 g/mol. The van der Waals surface area contributed by atoms with Gasteiger partial charge in [-0.15, -0.1) is 7.92 Å². The van der Waals surface area contributed by atoms with E-state index in [1.807, 2.05) is 0 Å². The fraction of sp³-hybridized carbons (Fsp3) is 0.636. The molecule has 0 aromatic heterocycles. The van der Waals surface area contributed by atoms with Crippen molar-refractivity contribution in [2.24, 2.45) is 0 Å². The molecule has 0 heterocycles. The summed E-state index contributed by atoms with van der Waals surface area (Å²) in [5.74, 6) is 0. The van der Waals surface area contributed by atoms with Crippen molar-refractivity contribution in [3.8, 4) is 0 Å². The Morgan fingerprint density at radius 1 is 1.23 bits per heavy atom. The third kappa shape index (κ3) is 7.70. The minimum absolute atomic E-state index is 0.446. The first-order valence-corrected chi connectivity index (χ1v) is 7.92. The molecule has 0 saturated carbocycles. The second kappa shape index (κ2) is 9.21. The Morgan fingerprint density at radius 2 is 1.77 bits per heavy atom. The van der Waals surface area contributed by atoms with E-state index in [1.54, 1.807) is 0 Å². The minimum atomic E-state index is 0.446. The van der Waals surface area contributed by atoms with Crippen molar-refractivity contribution in [1.29, 1.82) is 0 Å². The summed E-state index contributed by atoms with van der Waals surface area (Å²) in [6.07, 6.45) is 11.7. The molecule has 0 bridgehead atoms. The predicted molar refractivity (Wildman–Crippen MR) is 60.4 cm³/mol. The summed E-state index contributed by atoms with van der Waals surface area (Å²) < 4.78 is 1.41. The zero-order valence-electron chi connectivity index (χ0n) is 8.81. The summed E-state index contributed by atoms with van der Waals surface area (Å²) in [6.45, 7) is 6.87. The molecule has 0 N–H and O–H groups in total. The fourth-order valence-corrected chi connectivity index (χ4v) is 2.88. The van der Waals surface area contributed by atoms with E-state index in [4.69, 9.17) is 0 Å². The molecule has 2 heteroatoms. The van der Waals surface area contributed by atoms with Crippen molar-refractivity contribution in [1.82, 2.24) is 0 Å². The van der Waals surface area contributed by atoms with Gasteiger partial charge in [-0.2, -0.15) is 0 Å². The molecule has 0 spiro atoms. The summed E-state index contributed by atoms with van der Waals surface area (Å²) in [4.78, 5) is 0. The van der Waals surface area contributed by atoms with Crippen LogP contribution in [-0.4, -0.2) is 18.5 Å². The van der Waals surface area contributed by atoms with Crippen molar-refractivity contribution in [2.75, 3.05) is 18.5 Å². The van der Waals surface area contributed by atoms with Crippen LogP contribution in [0.2, 0.25) is 0 Å². The van der Waals surface area contributed by atoms with Crippen LogP contribution >= 0.6 is 7.92 Å². The van der Waals surface area contributed by atoms with Gasteiger partial charge in [0, 0.05) is 0 Å². The summed E-state index contributed by atoms with van der Waals surface area (Å²) >= 11 is 2.49. The Hall–Kier alpha value is 0.650. The maximum atomic E-state index is 2.49. The zero-order chi connectivity index (χ0) is 10.1. The maximum absolute atomic E-state index is 2.49. The number of hydrogen-bond acceptors (Lipinski definition) is 0. The molecular formula is C11H20AuP. The van der Waals surface area contributed by atoms with Gasteiger partial charge in [0.15, 0.2) is 0 Å². The normalized spacial score (nSPS) is 14.2. The summed E-state index contributed by atoms with van der Waals surface area (Å²) in [5, 5.41) is 0. The first-order valence-electron chi connectivity index (χ1n) is 4.94. The molecule has 0 saturated heterocycles.